The maximum atomic E-state index is 13.1. The number of halogens is 1. The molecule has 2 heterocycles. The highest BCUT2D eigenvalue weighted by Gasteiger charge is 2.24. The molecule has 1 saturated heterocycles. The van der Waals surface area contributed by atoms with E-state index in [1.165, 1.54) is 5.56 Å². The molecule has 0 atom stereocenters. The van der Waals surface area contributed by atoms with Crippen LogP contribution >= 0.6 is 0 Å². The van der Waals surface area contributed by atoms with Crippen molar-refractivity contribution in [2.45, 2.75) is 6.92 Å². The lowest BCUT2D eigenvalue weighted by Crippen LogP contribution is -3.14. The molecule has 1 aliphatic rings. The van der Waals surface area contributed by atoms with E-state index in [1.54, 1.807) is 4.90 Å². The van der Waals surface area contributed by atoms with Crippen LogP contribution < -0.4 is 17.3 Å². The monoisotopic (exact) mass is 423 g/mol. The smallest absolute Gasteiger partial charge is 0.179 e. The van der Waals surface area contributed by atoms with E-state index in [-0.39, 0.29) is 18.2 Å². The van der Waals surface area contributed by atoms with Crippen LogP contribution in [0.2, 0.25) is 0 Å². The lowest BCUT2D eigenvalue weighted by atomic mass is 10.1. The van der Waals surface area contributed by atoms with Gasteiger partial charge in [-0.15, -0.1) is 0 Å². The SMILES string of the molecule is Cc1c(C(=O)CN2CC[NH+](CC=Cc3ccccc3)CC2)c2ccccc2n1C.[Cl-]. The van der Waals surface area contributed by atoms with Gasteiger partial charge in [-0.2, -0.15) is 0 Å². The van der Waals surface area contributed by atoms with Crippen molar-refractivity contribution in [2.24, 2.45) is 7.05 Å². The number of aromatic nitrogens is 1. The van der Waals surface area contributed by atoms with Crippen LogP contribution in [-0.4, -0.2) is 54.5 Å². The summed E-state index contributed by atoms with van der Waals surface area (Å²) < 4.78 is 2.13. The number of ketones is 1. The molecule has 158 valence electrons. The fraction of sp³-hybridized carbons (Fsp3) is 0.320. The van der Waals surface area contributed by atoms with Crippen LogP contribution in [0.4, 0.5) is 0 Å². The number of benzene rings is 2. The summed E-state index contributed by atoms with van der Waals surface area (Å²) in [5.74, 6) is 0.242. The van der Waals surface area contributed by atoms with Crippen molar-refractivity contribution >= 4 is 22.8 Å². The number of rotatable bonds is 6. The fourth-order valence-electron chi connectivity index (χ4n) is 4.31. The summed E-state index contributed by atoms with van der Waals surface area (Å²) in [6.45, 7) is 7.73. The topological polar surface area (TPSA) is 29.7 Å². The number of carbonyl (C=O) groups excluding carboxylic acids is 1. The molecule has 2 aromatic carbocycles. The summed E-state index contributed by atoms with van der Waals surface area (Å²) in [7, 11) is 2.04. The number of piperazine rings is 1. The van der Waals surface area contributed by atoms with E-state index < -0.39 is 0 Å². The van der Waals surface area contributed by atoms with Crippen molar-refractivity contribution in [3.05, 3.63) is 77.5 Å². The Morgan fingerprint density at radius 2 is 1.70 bits per heavy atom. The van der Waals surface area contributed by atoms with Crippen molar-refractivity contribution < 1.29 is 22.1 Å². The average molecular weight is 424 g/mol. The predicted octanol–water partition coefficient (Wildman–Crippen LogP) is -0.413. The summed E-state index contributed by atoms with van der Waals surface area (Å²) in [5.41, 5.74) is 4.34. The van der Waals surface area contributed by atoms with E-state index in [0.29, 0.717) is 6.54 Å². The zero-order chi connectivity index (χ0) is 20.2. The van der Waals surface area contributed by atoms with Crippen LogP contribution in [0, 0.1) is 6.92 Å². The van der Waals surface area contributed by atoms with E-state index in [1.807, 2.05) is 32.2 Å². The normalized spacial score (nSPS) is 15.5. The zero-order valence-electron chi connectivity index (χ0n) is 17.8. The van der Waals surface area contributed by atoms with Gasteiger partial charge in [0.25, 0.3) is 0 Å². The number of para-hydroxylation sites is 1. The van der Waals surface area contributed by atoms with E-state index in [2.05, 4.69) is 58.0 Å². The molecule has 0 radical (unpaired) electrons. The third-order valence-corrected chi connectivity index (χ3v) is 6.13. The fourth-order valence-corrected chi connectivity index (χ4v) is 4.31. The van der Waals surface area contributed by atoms with E-state index >= 15 is 0 Å². The van der Waals surface area contributed by atoms with Crippen molar-refractivity contribution in [1.82, 2.24) is 9.47 Å². The van der Waals surface area contributed by atoms with Crippen LogP contribution in [0.15, 0.2) is 60.7 Å². The standard InChI is InChI=1S/C25H29N3O.ClH/c1-20-25(22-12-6-7-13-23(22)26(20)2)24(29)19-28-17-15-27(16-18-28)14-8-11-21-9-4-3-5-10-21;/h3-13H,14-19H2,1-2H3;1H. The Labute approximate surface area is 185 Å². The van der Waals surface area contributed by atoms with Crippen molar-refractivity contribution in [2.75, 3.05) is 39.3 Å². The maximum absolute atomic E-state index is 13.1. The molecule has 30 heavy (non-hydrogen) atoms. The summed E-state index contributed by atoms with van der Waals surface area (Å²) in [4.78, 5) is 17.0. The minimum Gasteiger partial charge on any atom is -1.00 e. The number of hydrogen-bond donors (Lipinski definition) is 1. The minimum absolute atomic E-state index is 0. The number of quaternary nitrogens is 1. The van der Waals surface area contributed by atoms with Gasteiger partial charge in [0.15, 0.2) is 5.78 Å². The van der Waals surface area contributed by atoms with Crippen molar-refractivity contribution in [3.63, 3.8) is 0 Å². The number of nitrogens with zero attached hydrogens (tertiary/aromatic N) is 2. The Bertz CT molecular complexity index is 1020. The minimum atomic E-state index is 0. The van der Waals surface area contributed by atoms with Crippen LogP contribution in [0.5, 0.6) is 0 Å². The van der Waals surface area contributed by atoms with E-state index in [0.717, 1.165) is 54.9 Å². The second kappa shape index (κ2) is 10.1. The quantitative estimate of drug-likeness (QED) is 0.546. The second-order valence-corrected chi connectivity index (χ2v) is 8.00. The van der Waals surface area contributed by atoms with Gasteiger partial charge in [-0.25, -0.2) is 0 Å². The Kier molecular flexibility index (Phi) is 7.48. The van der Waals surface area contributed by atoms with Crippen molar-refractivity contribution in [1.29, 1.82) is 0 Å². The Hall–Kier alpha value is -2.40. The first kappa shape index (κ1) is 22.3. The number of Topliss-reactive ketones (excluding diaryl/α,β-unsaturated/α-hetero) is 1. The molecule has 4 rings (SSSR count). The molecule has 0 aliphatic carbocycles. The Morgan fingerprint density at radius 1 is 1.03 bits per heavy atom. The molecule has 0 amide bonds. The lowest BCUT2D eigenvalue weighted by molar-refractivity contribution is -0.898. The molecule has 3 aromatic rings. The highest BCUT2D eigenvalue weighted by molar-refractivity contribution is 6.10. The highest BCUT2D eigenvalue weighted by Crippen LogP contribution is 2.25. The predicted molar refractivity (Wildman–Crippen MR) is 119 cm³/mol. The molecule has 0 spiro atoms. The van der Waals surface area contributed by atoms with Crippen LogP contribution in [0.3, 0.4) is 0 Å². The molecule has 0 bridgehead atoms. The molecular weight excluding hydrogens is 394 g/mol. The maximum Gasteiger partial charge on any atom is 0.179 e. The number of carbonyl (C=O) groups is 1. The zero-order valence-corrected chi connectivity index (χ0v) is 18.5. The van der Waals surface area contributed by atoms with Gasteiger partial charge in [-0.3, -0.25) is 9.69 Å². The molecule has 5 heteroatoms. The van der Waals surface area contributed by atoms with Crippen molar-refractivity contribution in [3.8, 4) is 0 Å². The van der Waals surface area contributed by atoms with E-state index in [9.17, 15) is 4.79 Å². The van der Waals surface area contributed by atoms with Gasteiger partial charge in [0.05, 0.1) is 26.2 Å². The molecule has 1 aliphatic heterocycles. The van der Waals surface area contributed by atoms with Gasteiger partial charge in [-0.05, 0) is 24.6 Å². The molecule has 0 saturated carbocycles. The highest BCUT2D eigenvalue weighted by atomic mass is 35.5. The molecule has 1 N–H and O–H groups in total. The largest absolute Gasteiger partial charge is 1.00 e. The second-order valence-electron chi connectivity index (χ2n) is 8.00. The molecule has 0 unspecified atom stereocenters. The number of hydrogen-bond acceptors (Lipinski definition) is 2. The Morgan fingerprint density at radius 3 is 2.43 bits per heavy atom. The third-order valence-electron chi connectivity index (χ3n) is 6.13. The van der Waals surface area contributed by atoms with Crippen LogP contribution in [-0.2, 0) is 7.05 Å². The summed E-state index contributed by atoms with van der Waals surface area (Å²) >= 11 is 0. The lowest BCUT2D eigenvalue weighted by Gasteiger charge is -2.31. The summed E-state index contributed by atoms with van der Waals surface area (Å²) in [6.07, 6.45) is 4.47. The van der Waals surface area contributed by atoms with Gasteiger partial charge in [0, 0.05) is 42.3 Å². The van der Waals surface area contributed by atoms with Gasteiger partial charge in [-0.1, -0.05) is 54.6 Å². The molecule has 1 fully saturated rings. The first-order valence-electron chi connectivity index (χ1n) is 10.5. The summed E-state index contributed by atoms with van der Waals surface area (Å²) in [5, 5.41) is 1.08. The Balaban J connectivity index is 0.00000256. The average Bonchev–Trinajstić information content (AvgIpc) is 3.01. The van der Waals surface area contributed by atoms with Gasteiger partial charge < -0.3 is 21.9 Å². The number of aryl methyl sites for hydroxylation is 1. The first-order chi connectivity index (χ1) is 14.1. The first-order valence-corrected chi connectivity index (χ1v) is 10.5. The van der Waals surface area contributed by atoms with Crippen LogP contribution in [0.25, 0.3) is 17.0 Å². The third kappa shape index (κ3) is 4.84. The molecule has 4 nitrogen and oxygen atoms in total. The molecule has 1 aromatic heterocycles. The number of nitrogens with one attached hydrogen (secondary N) is 1. The molecular formula is C25H30ClN3O. The van der Waals surface area contributed by atoms with Gasteiger partial charge >= 0.3 is 0 Å². The number of fused-ring (bicyclic) bond motifs is 1. The van der Waals surface area contributed by atoms with E-state index in [4.69, 9.17) is 0 Å². The van der Waals surface area contributed by atoms with Gasteiger partial charge in [0.1, 0.15) is 0 Å². The summed E-state index contributed by atoms with van der Waals surface area (Å²) in [6, 6.07) is 18.6. The van der Waals surface area contributed by atoms with Crippen LogP contribution in [0.1, 0.15) is 21.6 Å². The van der Waals surface area contributed by atoms with Gasteiger partial charge in [0.2, 0.25) is 0 Å².